The van der Waals surface area contributed by atoms with E-state index in [1.165, 1.54) is 0 Å². The fraction of sp³-hybridized carbons (Fsp3) is 0.727. The number of aromatic nitrogens is 2. The maximum absolute atomic E-state index is 6.13. The lowest BCUT2D eigenvalue weighted by Crippen LogP contribution is -2.27. The van der Waals surface area contributed by atoms with E-state index < -0.39 is 0 Å². The van der Waals surface area contributed by atoms with Gasteiger partial charge in [0.25, 0.3) is 0 Å². The summed E-state index contributed by atoms with van der Waals surface area (Å²) in [7, 11) is 1.87. The van der Waals surface area contributed by atoms with E-state index >= 15 is 0 Å². The van der Waals surface area contributed by atoms with Crippen LogP contribution in [0.2, 0.25) is 5.02 Å². The summed E-state index contributed by atoms with van der Waals surface area (Å²) in [5.41, 5.74) is 7.05. The zero-order valence-corrected chi connectivity index (χ0v) is 11.0. The molecule has 0 radical (unpaired) electrons. The molecular formula is C11H21ClN4. The topological polar surface area (TPSA) is 47.1 Å². The first-order chi connectivity index (χ1) is 7.60. The van der Waals surface area contributed by atoms with E-state index in [9.17, 15) is 0 Å². The van der Waals surface area contributed by atoms with Crippen LogP contribution in [0.4, 0.5) is 0 Å². The molecule has 2 N–H and O–H groups in total. The van der Waals surface area contributed by atoms with Crippen molar-refractivity contribution in [2.24, 2.45) is 12.8 Å². The highest BCUT2D eigenvalue weighted by Gasteiger charge is 2.15. The van der Waals surface area contributed by atoms with Gasteiger partial charge in [-0.2, -0.15) is 5.10 Å². The largest absolute Gasteiger partial charge is 0.323 e. The maximum Gasteiger partial charge on any atom is 0.0833 e. The van der Waals surface area contributed by atoms with Crippen molar-refractivity contribution in [3.8, 4) is 0 Å². The van der Waals surface area contributed by atoms with Crippen LogP contribution >= 0.6 is 11.6 Å². The third kappa shape index (κ3) is 3.20. The molecule has 16 heavy (non-hydrogen) atoms. The van der Waals surface area contributed by atoms with Crippen LogP contribution in [-0.2, 0) is 7.05 Å². The van der Waals surface area contributed by atoms with Crippen molar-refractivity contribution in [2.75, 3.05) is 19.6 Å². The monoisotopic (exact) mass is 244 g/mol. The molecule has 0 amide bonds. The second kappa shape index (κ2) is 6.23. The Morgan fingerprint density at radius 1 is 1.50 bits per heavy atom. The molecule has 1 heterocycles. The minimum Gasteiger partial charge on any atom is -0.323 e. The summed E-state index contributed by atoms with van der Waals surface area (Å²) in [4.78, 5) is 2.35. The zero-order valence-electron chi connectivity index (χ0n) is 10.3. The van der Waals surface area contributed by atoms with E-state index in [1.54, 1.807) is 10.9 Å². The van der Waals surface area contributed by atoms with E-state index in [2.05, 4.69) is 23.8 Å². The van der Waals surface area contributed by atoms with Gasteiger partial charge in [-0.15, -0.1) is 0 Å². The van der Waals surface area contributed by atoms with Crippen LogP contribution in [0.25, 0.3) is 0 Å². The molecule has 0 bridgehead atoms. The highest BCUT2D eigenvalue weighted by atomic mass is 35.5. The minimum absolute atomic E-state index is 0.0411. The lowest BCUT2D eigenvalue weighted by molar-refractivity contribution is 0.289. The number of aryl methyl sites for hydroxylation is 1. The Morgan fingerprint density at radius 3 is 2.56 bits per heavy atom. The molecule has 1 unspecified atom stereocenters. The predicted molar refractivity (Wildman–Crippen MR) is 67.6 cm³/mol. The Balaban J connectivity index is 2.55. The SMILES string of the molecule is CCN(CC)CCC(N)c1c(Cl)cnn1C. The molecule has 1 aromatic rings. The van der Waals surface area contributed by atoms with Crippen molar-refractivity contribution in [2.45, 2.75) is 26.3 Å². The van der Waals surface area contributed by atoms with Crippen LogP contribution in [0.15, 0.2) is 6.20 Å². The van der Waals surface area contributed by atoms with Crippen LogP contribution in [0, 0.1) is 0 Å². The summed E-state index contributed by atoms with van der Waals surface area (Å²) < 4.78 is 1.76. The molecule has 0 saturated carbocycles. The average molecular weight is 245 g/mol. The third-order valence-corrected chi connectivity index (χ3v) is 3.23. The first-order valence-electron chi connectivity index (χ1n) is 5.75. The molecule has 1 atom stereocenters. The van der Waals surface area contributed by atoms with E-state index in [0.29, 0.717) is 5.02 Å². The van der Waals surface area contributed by atoms with Crippen LogP contribution in [0.5, 0.6) is 0 Å². The average Bonchev–Trinajstić information content (AvgIpc) is 2.60. The van der Waals surface area contributed by atoms with Gasteiger partial charge in [0.2, 0.25) is 0 Å². The van der Waals surface area contributed by atoms with Gasteiger partial charge in [-0.1, -0.05) is 25.4 Å². The van der Waals surface area contributed by atoms with Gasteiger partial charge in [0, 0.05) is 13.1 Å². The number of nitrogens with two attached hydrogens (primary N) is 1. The summed E-state index contributed by atoms with van der Waals surface area (Å²) in [6.45, 7) is 7.43. The Kier molecular flexibility index (Phi) is 5.25. The summed E-state index contributed by atoms with van der Waals surface area (Å²) in [5, 5.41) is 4.76. The molecule has 92 valence electrons. The quantitative estimate of drug-likeness (QED) is 0.830. The number of hydrogen-bond acceptors (Lipinski definition) is 3. The minimum atomic E-state index is -0.0411. The lowest BCUT2D eigenvalue weighted by atomic mass is 10.1. The van der Waals surface area contributed by atoms with Gasteiger partial charge in [-0.25, -0.2) is 0 Å². The van der Waals surface area contributed by atoms with Crippen molar-refractivity contribution >= 4 is 11.6 Å². The molecule has 0 fully saturated rings. The smallest absolute Gasteiger partial charge is 0.0833 e. The first kappa shape index (κ1) is 13.5. The van der Waals surface area contributed by atoms with Gasteiger partial charge in [-0.3, -0.25) is 4.68 Å². The Morgan fingerprint density at radius 2 is 2.12 bits per heavy atom. The first-order valence-corrected chi connectivity index (χ1v) is 6.13. The van der Waals surface area contributed by atoms with Gasteiger partial charge in [0.05, 0.1) is 16.9 Å². The van der Waals surface area contributed by atoms with Crippen LogP contribution in [0.3, 0.4) is 0 Å². The van der Waals surface area contributed by atoms with Crippen molar-refractivity contribution in [1.82, 2.24) is 14.7 Å². The van der Waals surface area contributed by atoms with Crippen molar-refractivity contribution < 1.29 is 0 Å². The molecule has 0 aliphatic heterocycles. The Bertz CT molecular complexity index is 300. The van der Waals surface area contributed by atoms with Crippen molar-refractivity contribution in [3.05, 3.63) is 16.9 Å². The number of halogens is 1. The van der Waals surface area contributed by atoms with Crippen LogP contribution in [-0.4, -0.2) is 34.3 Å². The lowest BCUT2D eigenvalue weighted by Gasteiger charge is -2.20. The van der Waals surface area contributed by atoms with Gasteiger partial charge in [0.1, 0.15) is 0 Å². The third-order valence-electron chi connectivity index (χ3n) is 2.94. The summed E-state index contributed by atoms with van der Waals surface area (Å²) in [6, 6.07) is -0.0411. The molecule has 1 rings (SSSR count). The Labute approximate surface area is 102 Å². The maximum atomic E-state index is 6.13. The summed E-state index contributed by atoms with van der Waals surface area (Å²) >= 11 is 6.05. The number of nitrogens with zero attached hydrogens (tertiary/aromatic N) is 3. The van der Waals surface area contributed by atoms with Crippen LogP contribution in [0.1, 0.15) is 32.0 Å². The van der Waals surface area contributed by atoms with Crippen molar-refractivity contribution in [3.63, 3.8) is 0 Å². The number of hydrogen-bond donors (Lipinski definition) is 1. The second-order valence-corrected chi connectivity index (χ2v) is 4.33. The second-order valence-electron chi connectivity index (χ2n) is 3.92. The zero-order chi connectivity index (χ0) is 12.1. The van der Waals surface area contributed by atoms with Gasteiger partial charge in [-0.05, 0) is 26.1 Å². The molecule has 0 aliphatic carbocycles. The van der Waals surface area contributed by atoms with Gasteiger partial charge >= 0.3 is 0 Å². The fourth-order valence-electron chi connectivity index (χ4n) is 1.84. The van der Waals surface area contributed by atoms with Crippen LogP contribution < -0.4 is 5.73 Å². The van der Waals surface area contributed by atoms with E-state index in [4.69, 9.17) is 17.3 Å². The molecule has 0 aromatic carbocycles. The highest BCUT2D eigenvalue weighted by Crippen LogP contribution is 2.22. The molecular weight excluding hydrogens is 224 g/mol. The van der Waals surface area contributed by atoms with E-state index in [-0.39, 0.29) is 6.04 Å². The standard InChI is InChI=1S/C11H21ClN4/c1-4-16(5-2)7-6-10(13)11-9(12)8-14-15(11)3/h8,10H,4-7,13H2,1-3H3. The molecule has 1 aromatic heterocycles. The summed E-state index contributed by atoms with van der Waals surface area (Å²) in [5.74, 6) is 0. The van der Waals surface area contributed by atoms with E-state index in [0.717, 1.165) is 31.7 Å². The molecule has 0 spiro atoms. The van der Waals surface area contributed by atoms with Gasteiger partial charge in [0.15, 0.2) is 0 Å². The molecule has 5 heteroatoms. The van der Waals surface area contributed by atoms with Gasteiger partial charge < -0.3 is 10.6 Å². The molecule has 0 saturated heterocycles. The van der Waals surface area contributed by atoms with Crippen molar-refractivity contribution in [1.29, 1.82) is 0 Å². The highest BCUT2D eigenvalue weighted by molar-refractivity contribution is 6.31. The number of rotatable bonds is 6. The Hall–Kier alpha value is -0.580. The fourth-order valence-corrected chi connectivity index (χ4v) is 2.14. The molecule has 0 aliphatic rings. The summed E-state index contributed by atoms with van der Waals surface area (Å²) in [6.07, 6.45) is 2.55. The van der Waals surface area contributed by atoms with E-state index in [1.807, 2.05) is 7.05 Å². The normalized spacial score (nSPS) is 13.4. The molecule has 4 nitrogen and oxygen atoms in total. The predicted octanol–water partition coefficient (Wildman–Crippen LogP) is 1.81.